The van der Waals surface area contributed by atoms with Crippen LogP contribution in [0.15, 0.2) is 18.2 Å². The quantitative estimate of drug-likeness (QED) is 0.281. The highest BCUT2D eigenvalue weighted by Crippen LogP contribution is 2.45. The summed E-state index contributed by atoms with van der Waals surface area (Å²) >= 11 is 0. The molecule has 1 fully saturated rings. The van der Waals surface area contributed by atoms with Crippen LogP contribution in [0, 0.1) is 32.0 Å². The van der Waals surface area contributed by atoms with Gasteiger partial charge < -0.3 is 15.2 Å². The summed E-state index contributed by atoms with van der Waals surface area (Å²) < 4.78 is 80.3. The first-order valence-corrected chi connectivity index (χ1v) is 10.1. The van der Waals surface area contributed by atoms with E-state index in [2.05, 4.69) is 16.6 Å². The lowest BCUT2D eigenvalue weighted by Gasteiger charge is -2.43. The summed E-state index contributed by atoms with van der Waals surface area (Å²) in [5, 5.41) is 4.37. The van der Waals surface area contributed by atoms with Crippen LogP contribution in [0.4, 0.5) is 32.0 Å². The van der Waals surface area contributed by atoms with Gasteiger partial charge in [0.05, 0.1) is 11.1 Å². The molecule has 3 rings (SSSR count). The summed E-state index contributed by atoms with van der Waals surface area (Å²) in [6, 6.07) is 1.90. The molecule has 1 aromatic heterocycles. The number of amides is 2. The van der Waals surface area contributed by atoms with Gasteiger partial charge in [0, 0.05) is 31.3 Å². The van der Waals surface area contributed by atoms with Gasteiger partial charge in [-0.1, -0.05) is 5.92 Å². The minimum absolute atomic E-state index is 0.0227. The number of hydrogen-bond donors (Lipinski definition) is 2. The van der Waals surface area contributed by atoms with Gasteiger partial charge in [-0.05, 0) is 37.6 Å². The Hall–Kier alpha value is -3.75. The Morgan fingerprint density at radius 3 is 2.26 bits per heavy atom. The van der Waals surface area contributed by atoms with Crippen LogP contribution in [0.5, 0.6) is 0 Å². The van der Waals surface area contributed by atoms with Crippen molar-refractivity contribution in [2.45, 2.75) is 44.3 Å². The predicted molar refractivity (Wildman–Crippen MR) is 112 cm³/mol. The molecule has 1 heterocycles. The number of aromatic nitrogens is 1. The molecule has 1 aliphatic rings. The number of nitrogens with zero attached hydrogens (tertiary/aromatic N) is 1. The number of halogens is 6. The third kappa shape index (κ3) is 4.76. The molecule has 0 spiro atoms. The normalized spacial score (nSPS) is 16.1. The summed E-state index contributed by atoms with van der Waals surface area (Å²) in [7, 11) is 1.38. The maximum absolute atomic E-state index is 13.5. The Morgan fingerprint density at radius 2 is 1.74 bits per heavy atom. The molecule has 6 nitrogen and oxygen atoms in total. The largest absolute Gasteiger partial charge is 0.419 e. The lowest BCUT2D eigenvalue weighted by Crippen LogP contribution is -2.62. The van der Waals surface area contributed by atoms with Crippen molar-refractivity contribution in [1.82, 2.24) is 9.88 Å². The van der Waals surface area contributed by atoms with E-state index >= 15 is 0 Å². The van der Waals surface area contributed by atoms with E-state index in [9.17, 15) is 40.7 Å². The fraction of sp³-hybridized carbons (Fsp3) is 0.348. The molecule has 2 amide bonds. The summed E-state index contributed by atoms with van der Waals surface area (Å²) in [4.78, 5) is 38.2. The molecule has 2 aromatic rings. The van der Waals surface area contributed by atoms with Crippen LogP contribution in [0.3, 0.4) is 0 Å². The molecule has 12 heteroatoms. The van der Waals surface area contributed by atoms with Gasteiger partial charge in [0.25, 0.3) is 23.5 Å². The van der Waals surface area contributed by atoms with Gasteiger partial charge in [-0.15, -0.1) is 6.42 Å². The van der Waals surface area contributed by atoms with Gasteiger partial charge >= 0.3 is 6.18 Å². The molecule has 1 aliphatic carbocycles. The van der Waals surface area contributed by atoms with E-state index < -0.39 is 59.5 Å². The second-order valence-corrected chi connectivity index (χ2v) is 8.36. The minimum atomic E-state index is -4.99. The molecule has 0 bridgehead atoms. The highest BCUT2D eigenvalue weighted by Gasteiger charge is 2.57. The van der Waals surface area contributed by atoms with Crippen molar-refractivity contribution in [3.8, 4) is 12.3 Å². The van der Waals surface area contributed by atoms with Gasteiger partial charge in [0.2, 0.25) is 0 Å². The van der Waals surface area contributed by atoms with Crippen LogP contribution in [0.25, 0.3) is 0 Å². The molecule has 0 saturated heterocycles. The fourth-order valence-corrected chi connectivity index (χ4v) is 4.09. The number of carbonyl (C=O) groups excluding carboxylic acids is 3. The number of anilines is 1. The fourth-order valence-electron chi connectivity index (χ4n) is 4.09. The number of ketones is 1. The van der Waals surface area contributed by atoms with E-state index in [4.69, 9.17) is 6.42 Å². The van der Waals surface area contributed by atoms with Crippen LogP contribution in [-0.2, 0) is 18.0 Å². The van der Waals surface area contributed by atoms with Gasteiger partial charge in [0.1, 0.15) is 17.1 Å². The zero-order chi connectivity index (χ0) is 26.5. The van der Waals surface area contributed by atoms with E-state index in [1.807, 2.05) is 0 Å². The Labute approximate surface area is 195 Å². The molecule has 0 aliphatic heterocycles. The molecule has 0 radical (unpaired) electrons. The van der Waals surface area contributed by atoms with Gasteiger partial charge in [-0.25, -0.2) is 13.2 Å². The Kier molecular flexibility index (Phi) is 6.27. The first kappa shape index (κ1) is 25.9. The van der Waals surface area contributed by atoms with Crippen molar-refractivity contribution < 1.29 is 40.7 Å². The molecular formula is C23H19F6N3O3. The lowest BCUT2D eigenvalue weighted by atomic mass is 9.74. The highest BCUT2D eigenvalue weighted by atomic mass is 19.4. The summed E-state index contributed by atoms with van der Waals surface area (Å²) in [6.45, 7) is 2.75. The summed E-state index contributed by atoms with van der Waals surface area (Å²) in [6.07, 6.45) is -1.38. The maximum atomic E-state index is 13.5. The van der Waals surface area contributed by atoms with E-state index in [1.54, 1.807) is 0 Å². The molecule has 186 valence electrons. The molecule has 1 aromatic carbocycles. The Bertz CT molecular complexity index is 1280. The van der Waals surface area contributed by atoms with E-state index in [0.29, 0.717) is 12.1 Å². The second-order valence-electron chi connectivity index (χ2n) is 8.36. The standard InChI is InChI=1S/C23H19F6N3O3/c1-5-21(9-22(25,26)10-21)31-20(35)18(33)16-11(2)17(32(4)12(16)3)19(34)30-13-6-7-15(24)14(8-13)23(27,28)29/h1,6-8H,9-10H2,2-4H3,(H,30,34)(H,31,35). The number of carbonyl (C=O) groups is 3. The van der Waals surface area contributed by atoms with Crippen LogP contribution >= 0.6 is 0 Å². The Morgan fingerprint density at radius 1 is 1.14 bits per heavy atom. The van der Waals surface area contributed by atoms with Gasteiger partial charge in [-0.3, -0.25) is 14.4 Å². The molecular weight excluding hydrogens is 480 g/mol. The van der Waals surface area contributed by atoms with Crippen molar-refractivity contribution in [2.24, 2.45) is 7.05 Å². The number of terminal acetylenes is 1. The molecule has 0 unspecified atom stereocenters. The van der Waals surface area contributed by atoms with Crippen molar-refractivity contribution in [1.29, 1.82) is 0 Å². The monoisotopic (exact) mass is 499 g/mol. The van der Waals surface area contributed by atoms with E-state index in [-0.39, 0.29) is 28.2 Å². The van der Waals surface area contributed by atoms with Crippen LogP contribution in [0.1, 0.15) is 50.5 Å². The smallest absolute Gasteiger partial charge is 0.343 e. The zero-order valence-electron chi connectivity index (χ0n) is 18.7. The summed E-state index contributed by atoms with van der Waals surface area (Å²) in [5.41, 5.74) is -3.76. The third-order valence-electron chi connectivity index (χ3n) is 5.86. The van der Waals surface area contributed by atoms with Crippen molar-refractivity contribution in [3.05, 3.63) is 52.1 Å². The van der Waals surface area contributed by atoms with Gasteiger partial charge in [0.15, 0.2) is 0 Å². The van der Waals surface area contributed by atoms with E-state index in [0.717, 1.165) is 6.07 Å². The van der Waals surface area contributed by atoms with E-state index in [1.165, 1.54) is 25.5 Å². The number of hydrogen-bond acceptors (Lipinski definition) is 3. The summed E-state index contributed by atoms with van der Waals surface area (Å²) in [5.74, 6) is -5.80. The average Bonchev–Trinajstić information content (AvgIpc) is 2.94. The number of nitrogens with one attached hydrogen (secondary N) is 2. The van der Waals surface area contributed by atoms with Crippen LogP contribution < -0.4 is 10.6 Å². The number of Topliss-reactive ketones (excluding diaryl/α,β-unsaturated/α-hetero) is 1. The van der Waals surface area contributed by atoms with Crippen molar-refractivity contribution in [3.63, 3.8) is 0 Å². The highest BCUT2D eigenvalue weighted by molar-refractivity contribution is 6.44. The SMILES string of the molecule is C#CC1(NC(=O)C(=O)c2c(C)c(C(=O)Nc3ccc(F)c(C(F)(F)F)c3)n(C)c2C)CC(F)(F)C1. The Balaban J connectivity index is 1.87. The van der Waals surface area contributed by atoms with Gasteiger partial charge in [-0.2, -0.15) is 13.2 Å². The number of rotatable bonds is 5. The second kappa shape index (κ2) is 8.48. The first-order chi connectivity index (χ1) is 16.0. The third-order valence-corrected chi connectivity index (χ3v) is 5.86. The molecule has 0 atom stereocenters. The molecule has 35 heavy (non-hydrogen) atoms. The molecule has 2 N–H and O–H groups in total. The van der Waals surface area contributed by atoms with Crippen LogP contribution in [0.2, 0.25) is 0 Å². The minimum Gasteiger partial charge on any atom is -0.343 e. The van der Waals surface area contributed by atoms with Crippen LogP contribution in [-0.4, -0.2) is 33.6 Å². The topological polar surface area (TPSA) is 80.2 Å². The first-order valence-electron chi connectivity index (χ1n) is 10.1. The molecule has 1 saturated carbocycles. The van der Waals surface area contributed by atoms with Crippen molar-refractivity contribution >= 4 is 23.3 Å². The predicted octanol–water partition coefficient (Wildman–Crippen LogP) is 4.15. The average molecular weight is 499 g/mol. The number of benzene rings is 1. The number of alkyl halides is 5. The maximum Gasteiger partial charge on any atom is 0.419 e. The van der Waals surface area contributed by atoms with Crippen molar-refractivity contribution in [2.75, 3.05) is 5.32 Å². The zero-order valence-corrected chi connectivity index (χ0v) is 18.7. The lowest BCUT2D eigenvalue weighted by molar-refractivity contribution is -0.140.